The molecule has 0 aromatic heterocycles. The largest absolute Gasteiger partial charge is 0.478 e. The van der Waals surface area contributed by atoms with E-state index in [4.69, 9.17) is 5.11 Å². The Hall–Kier alpha value is -1.41. The maximum absolute atomic E-state index is 11.8. The van der Waals surface area contributed by atoms with Gasteiger partial charge in [-0.05, 0) is 35.0 Å². The quantitative estimate of drug-likeness (QED) is 0.858. The van der Waals surface area contributed by atoms with E-state index in [1.165, 1.54) is 19.1 Å². The zero-order chi connectivity index (χ0) is 14.8. The molecule has 6 nitrogen and oxygen atoms in total. The molecule has 1 unspecified atom stereocenters. The number of nitrogens with one attached hydrogen (secondary N) is 1. The minimum Gasteiger partial charge on any atom is -0.478 e. The first kappa shape index (κ1) is 15.6. The summed E-state index contributed by atoms with van der Waals surface area (Å²) in [6.45, 7) is 1.24. The number of halogens is 1. The van der Waals surface area contributed by atoms with Gasteiger partial charge >= 0.3 is 5.97 Å². The van der Waals surface area contributed by atoms with E-state index in [-0.39, 0.29) is 11.3 Å². The molecular formula is C11H12BrNO5S. The molecule has 1 aromatic carbocycles. The van der Waals surface area contributed by atoms with Crippen LogP contribution in [0.2, 0.25) is 0 Å². The summed E-state index contributed by atoms with van der Waals surface area (Å²) in [5.41, 5.74) is -0.0843. The highest BCUT2D eigenvalue weighted by Crippen LogP contribution is 2.27. The Kier molecular flexibility index (Phi) is 4.70. The molecule has 1 atom stereocenters. The molecule has 0 fully saturated rings. The van der Waals surface area contributed by atoms with Crippen molar-refractivity contribution in [1.29, 1.82) is 0 Å². The van der Waals surface area contributed by atoms with Crippen molar-refractivity contribution in [3.05, 3.63) is 28.2 Å². The summed E-state index contributed by atoms with van der Waals surface area (Å²) in [6, 6.07) is 4.37. The summed E-state index contributed by atoms with van der Waals surface area (Å²) in [5.74, 6) is -2.00. The normalized spacial score (nSPS) is 12.8. The highest BCUT2D eigenvalue weighted by atomic mass is 79.9. The molecule has 1 amide bonds. The van der Waals surface area contributed by atoms with Gasteiger partial charge in [0.05, 0.1) is 11.3 Å². The molecule has 0 saturated heterocycles. The van der Waals surface area contributed by atoms with Gasteiger partial charge in [-0.25, -0.2) is 13.2 Å². The van der Waals surface area contributed by atoms with Crippen LogP contribution in [0.15, 0.2) is 22.7 Å². The molecule has 0 spiro atoms. The van der Waals surface area contributed by atoms with Crippen LogP contribution in [0.25, 0.3) is 0 Å². The van der Waals surface area contributed by atoms with E-state index in [0.29, 0.717) is 4.47 Å². The number of para-hydroxylation sites is 1. The minimum atomic E-state index is -3.54. The minimum absolute atomic E-state index is 0.0375. The molecule has 0 aliphatic carbocycles. The summed E-state index contributed by atoms with van der Waals surface area (Å²) in [4.78, 5) is 22.8. The topological polar surface area (TPSA) is 101 Å². The molecule has 1 aromatic rings. The summed E-state index contributed by atoms with van der Waals surface area (Å²) in [5, 5.41) is 10.1. The van der Waals surface area contributed by atoms with Crippen LogP contribution in [0.5, 0.6) is 0 Å². The fourth-order valence-corrected chi connectivity index (χ4v) is 2.16. The number of sulfone groups is 1. The van der Waals surface area contributed by atoms with Crippen LogP contribution in [0.1, 0.15) is 17.3 Å². The number of rotatable bonds is 4. The van der Waals surface area contributed by atoms with Crippen molar-refractivity contribution in [2.45, 2.75) is 12.2 Å². The average Bonchev–Trinajstić information content (AvgIpc) is 2.29. The zero-order valence-electron chi connectivity index (χ0n) is 10.2. The van der Waals surface area contributed by atoms with Gasteiger partial charge in [-0.1, -0.05) is 6.07 Å². The summed E-state index contributed by atoms with van der Waals surface area (Å²) < 4.78 is 22.9. The van der Waals surface area contributed by atoms with Gasteiger partial charge in [0, 0.05) is 10.7 Å². The number of benzene rings is 1. The van der Waals surface area contributed by atoms with Crippen LogP contribution < -0.4 is 5.32 Å². The first-order valence-corrected chi connectivity index (χ1v) is 7.91. The second-order valence-corrected chi connectivity index (χ2v) is 7.15. The lowest BCUT2D eigenvalue weighted by Gasteiger charge is -2.13. The number of hydrogen-bond acceptors (Lipinski definition) is 4. The number of carbonyl (C=O) groups excluding carboxylic acids is 1. The predicted octanol–water partition coefficient (Wildman–Crippen LogP) is 1.52. The Balaban J connectivity index is 3.13. The molecule has 0 aliphatic rings. The molecular weight excluding hydrogens is 338 g/mol. The van der Waals surface area contributed by atoms with Crippen LogP contribution in [0.3, 0.4) is 0 Å². The molecule has 8 heteroatoms. The second-order valence-electron chi connectivity index (χ2n) is 3.93. The fraction of sp³-hybridized carbons (Fsp3) is 0.273. The lowest BCUT2D eigenvalue weighted by atomic mass is 10.2. The first-order chi connectivity index (χ1) is 8.64. The van der Waals surface area contributed by atoms with E-state index in [9.17, 15) is 18.0 Å². The van der Waals surface area contributed by atoms with E-state index < -0.39 is 27.0 Å². The lowest BCUT2D eigenvalue weighted by molar-refractivity contribution is -0.115. The highest BCUT2D eigenvalue weighted by Gasteiger charge is 2.25. The monoisotopic (exact) mass is 349 g/mol. The van der Waals surface area contributed by atoms with Gasteiger partial charge in [-0.2, -0.15) is 0 Å². The Bertz CT molecular complexity index is 626. The lowest BCUT2D eigenvalue weighted by Crippen LogP contribution is -2.32. The molecule has 0 radical (unpaired) electrons. The van der Waals surface area contributed by atoms with Gasteiger partial charge in [-0.3, -0.25) is 4.79 Å². The summed E-state index contributed by atoms with van der Waals surface area (Å²) >= 11 is 3.12. The van der Waals surface area contributed by atoms with E-state index in [1.54, 1.807) is 6.07 Å². The Labute approximate surface area is 118 Å². The van der Waals surface area contributed by atoms with Crippen molar-refractivity contribution >= 4 is 43.3 Å². The van der Waals surface area contributed by atoms with Gasteiger partial charge in [-0.15, -0.1) is 0 Å². The van der Waals surface area contributed by atoms with Gasteiger partial charge in [0.2, 0.25) is 5.91 Å². The van der Waals surface area contributed by atoms with Crippen LogP contribution in [0, 0.1) is 0 Å². The molecule has 0 aliphatic heterocycles. The van der Waals surface area contributed by atoms with Crippen LogP contribution in [-0.2, 0) is 14.6 Å². The van der Waals surface area contributed by atoms with Crippen molar-refractivity contribution in [3.8, 4) is 0 Å². The molecule has 0 saturated carbocycles. The first-order valence-electron chi connectivity index (χ1n) is 5.16. The number of amides is 1. The van der Waals surface area contributed by atoms with E-state index in [2.05, 4.69) is 21.2 Å². The molecule has 0 bridgehead atoms. The maximum atomic E-state index is 11.8. The molecule has 1 rings (SSSR count). The SMILES string of the molecule is CC(C(=O)Nc1c(Br)cccc1C(=O)O)S(C)(=O)=O. The van der Waals surface area contributed by atoms with Gasteiger partial charge in [0.25, 0.3) is 0 Å². The van der Waals surface area contributed by atoms with Crippen molar-refractivity contribution in [2.75, 3.05) is 11.6 Å². The highest BCUT2D eigenvalue weighted by molar-refractivity contribution is 9.10. The van der Waals surface area contributed by atoms with E-state index in [0.717, 1.165) is 6.26 Å². The standard InChI is InChI=1S/C11H12BrNO5S/c1-6(19(2,17)18)10(14)13-9-7(11(15)16)4-3-5-8(9)12/h3-6H,1-2H3,(H,13,14)(H,15,16). The zero-order valence-corrected chi connectivity index (χ0v) is 12.6. The third-order valence-corrected chi connectivity index (χ3v) is 4.66. The van der Waals surface area contributed by atoms with Crippen LogP contribution in [-0.4, -0.2) is 36.9 Å². The third-order valence-electron chi connectivity index (χ3n) is 2.50. The summed E-state index contributed by atoms with van der Waals surface area (Å²) in [7, 11) is -3.54. The summed E-state index contributed by atoms with van der Waals surface area (Å²) in [6.07, 6.45) is 0.940. The molecule has 2 N–H and O–H groups in total. The van der Waals surface area contributed by atoms with Crippen molar-refractivity contribution in [1.82, 2.24) is 0 Å². The van der Waals surface area contributed by atoms with Crippen molar-refractivity contribution in [3.63, 3.8) is 0 Å². The van der Waals surface area contributed by atoms with Crippen LogP contribution in [0.4, 0.5) is 5.69 Å². The Morgan fingerprint density at radius 3 is 2.42 bits per heavy atom. The smallest absolute Gasteiger partial charge is 0.337 e. The number of aromatic carboxylic acids is 1. The average molecular weight is 350 g/mol. The van der Waals surface area contributed by atoms with Gasteiger partial charge < -0.3 is 10.4 Å². The number of anilines is 1. The Morgan fingerprint density at radius 2 is 1.95 bits per heavy atom. The fourth-order valence-electron chi connectivity index (χ4n) is 1.25. The maximum Gasteiger partial charge on any atom is 0.337 e. The number of hydrogen-bond donors (Lipinski definition) is 2. The number of carboxylic acid groups (broad SMARTS) is 1. The number of carboxylic acids is 1. The van der Waals surface area contributed by atoms with E-state index in [1.807, 2.05) is 0 Å². The second kappa shape index (κ2) is 5.70. The van der Waals surface area contributed by atoms with Gasteiger partial charge in [0.1, 0.15) is 5.25 Å². The number of carbonyl (C=O) groups is 2. The van der Waals surface area contributed by atoms with Crippen molar-refractivity contribution in [2.24, 2.45) is 0 Å². The predicted molar refractivity (Wildman–Crippen MR) is 74.0 cm³/mol. The van der Waals surface area contributed by atoms with Crippen LogP contribution >= 0.6 is 15.9 Å². The third kappa shape index (κ3) is 3.77. The van der Waals surface area contributed by atoms with Crippen molar-refractivity contribution < 1.29 is 23.1 Å². The Morgan fingerprint density at radius 1 is 1.37 bits per heavy atom. The van der Waals surface area contributed by atoms with E-state index >= 15 is 0 Å². The molecule has 19 heavy (non-hydrogen) atoms. The molecule has 104 valence electrons. The molecule has 0 heterocycles. The van der Waals surface area contributed by atoms with Gasteiger partial charge in [0.15, 0.2) is 9.84 Å².